The van der Waals surface area contributed by atoms with Crippen LogP contribution in [-0.2, 0) is 67.4 Å². The maximum atomic E-state index is 11.2. The number of aliphatic hydroxyl groups excluding tert-OH is 2. The molecule has 6 aliphatic heterocycles. The van der Waals surface area contributed by atoms with Gasteiger partial charge in [0.05, 0.1) is 18.8 Å². The fourth-order valence-electron chi connectivity index (χ4n) is 17.3. The van der Waals surface area contributed by atoms with Crippen LogP contribution in [0.2, 0.25) is 0 Å². The quantitative estimate of drug-likeness (QED) is 0.0428. The molecule has 7 N–H and O–H groups in total. The van der Waals surface area contributed by atoms with Gasteiger partial charge in [-0.05, 0) is 265 Å². The van der Waals surface area contributed by atoms with Crippen molar-refractivity contribution in [2.45, 2.75) is 303 Å². The molecule has 0 spiro atoms. The Balaban J connectivity index is 0.000000169. The average Bonchev–Trinajstić information content (AvgIpc) is 0.694. The summed E-state index contributed by atoms with van der Waals surface area (Å²) in [5.41, 5.74) is 21.7. The number of hydrogen-bond acceptors (Lipinski definition) is 14. The molecule has 14 nitrogen and oxygen atoms in total. The van der Waals surface area contributed by atoms with Crippen LogP contribution in [0.15, 0.2) is 103 Å². The van der Waals surface area contributed by atoms with Crippen molar-refractivity contribution in [1.82, 2.24) is 0 Å². The van der Waals surface area contributed by atoms with Crippen LogP contribution in [-0.4, -0.2) is 75.6 Å². The fraction of sp³-hybridized carbons (Fsp3) is 0.455. The number of aliphatic hydroxyl groups is 2. The monoisotopic (exact) mass is 1980 g/mol. The molecule has 6 heterocycles. The third-order valence-corrected chi connectivity index (χ3v) is 35.1. The predicted molar refractivity (Wildman–Crippen MR) is 510 cm³/mol. The Bertz CT molecular complexity index is 5130. The summed E-state index contributed by atoms with van der Waals surface area (Å²) in [6, 6.07) is 37.1. The van der Waals surface area contributed by atoms with E-state index >= 15 is 0 Å². The van der Waals surface area contributed by atoms with Gasteiger partial charge in [0.15, 0.2) is 6.29 Å². The molecule has 15 rings (SSSR count). The van der Waals surface area contributed by atoms with Crippen molar-refractivity contribution in [2.24, 2.45) is 0 Å². The molecule has 0 saturated heterocycles. The molecule has 120 heavy (non-hydrogen) atoms. The standard InChI is InChI=1S/C33H36BrOP.C14H20O3.C14H18O3.C14H20O3.2C13H18O2.2HI.V/c1-24-25(2)31(30-21-22-33(4,5)35-32(30)26(24)3)23-36(34,27-15-9-6-10-16-27,28-17-11-7-12-18-28)29-19-13-8-14-20-29;2*1-8-10-5-6-14(3,4)17-13(10)11(7-15)9(2)12(8)16;1-8-9(2)13-10(11(7-15)12(8)16)5-6-14(3,4)17-13;1-8-9(2)12-10(7-11(8)14)5-6-13(3,4)15-12;1-8-7-11-10(9(2)12(8)14)5-6-13(3,4)15-11;;;/h6-20H,21-23H2,1-5H3;15-16H,5-7H2,1-4H3;7,16H,5-6H2,1-4H3;15-16H,5-7H2,1-4H3;2*7,14H,5-6H2,1-4H3;2*1H;/q;;;;;;;;+2/p-2. The van der Waals surface area contributed by atoms with E-state index < -0.39 is 5.31 Å². The van der Waals surface area contributed by atoms with Gasteiger partial charge in [0.25, 0.3) is 0 Å². The van der Waals surface area contributed by atoms with Crippen molar-refractivity contribution in [3.8, 4) is 63.2 Å². The summed E-state index contributed by atoms with van der Waals surface area (Å²) >= 11 is 9.41. The molecule has 0 unspecified atom stereocenters. The van der Waals surface area contributed by atoms with Crippen LogP contribution >= 0.6 is 60.8 Å². The van der Waals surface area contributed by atoms with E-state index in [1.807, 2.05) is 88.3 Å². The number of aldehydes is 1. The van der Waals surface area contributed by atoms with Crippen LogP contribution in [0.25, 0.3) is 0 Å². The molecule has 0 amide bonds. The Morgan fingerprint density at radius 1 is 0.367 bits per heavy atom. The maximum absolute atomic E-state index is 11.2. The third-order valence-electron chi connectivity index (χ3n) is 25.6. The van der Waals surface area contributed by atoms with E-state index in [0.29, 0.717) is 43.4 Å². The number of benzene rings is 9. The molecule has 0 aliphatic carbocycles. The van der Waals surface area contributed by atoms with Gasteiger partial charge < -0.3 is 59.4 Å². The van der Waals surface area contributed by atoms with Crippen molar-refractivity contribution in [1.29, 1.82) is 0 Å². The van der Waals surface area contributed by atoms with Crippen molar-refractivity contribution in [3.05, 3.63) is 231 Å². The summed E-state index contributed by atoms with van der Waals surface area (Å²) in [5, 5.41) is 69.5. The van der Waals surface area contributed by atoms with E-state index in [4.69, 9.17) is 28.4 Å². The molecule has 649 valence electrons. The van der Waals surface area contributed by atoms with Gasteiger partial charge in [0, 0.05) is 44.5 Å². The van der Waals surface area contributed by atoms with Crippen molar-refractivity contribution in [2.75, 3.05) is 0 Å². The van der Waals surface area contributed by atoms with E-state index in [-0.39, 0.29) is 64.1 Å². The number of hydrogen-bond donors (Lipinski definition) is 7. The van der Waals surface area contributed by atoms with Crippen LogP contribution in [0.1, 0.15) is 254 Å². The number of phenols is 5. The molecule has 0 fully saturated rings. The van der Waals surface area contributed by atoms with Gasteiger partial charge in [-0.3, -0.25) is 4.79 Å². The third kappa shape index (κ3) is 20.8. The molecule has 0 atom stereocenters. The number of fused-ring (bicyclic) bond motifs is 6. The molecular formula is C101H130BrI2O14PV. The first-order valence-electron chi connectivity index (χ1n) is 41.9. The van der Waals surface area contributed by atoms with Gasteiger partial charge in [-0.1, -0.05) is 0 Å². The molecule has 6 aliphatic rings. The Labute approximate surface area is 752 Å². The molecule has 0 radical (unpaired) electrons. The Hall–Kier alpha value is -6.68. The summed E-state index contributed by atoms with van der Waals surface area (Å²) in [5.74, 6) is 6.82. The molecule has 0 saturated carbocycles. The number of ether oxygens (including phenoxy) is 6. The number of aromatic hydroxyl groups is 5. The second-order valence-corrected chi connectivity index (χ2v) is 57.8. The van der Waals surface area contributed by atoms with Gasteiger partial charge in [0.1, 0.15) is 85.5 Å². The SMILES string of the molecule is Cc1c(C)c(CP(Br)(c2ccccc2)(c2ccccc2)c2ccccc2)c2c(c1C)OC(C)(C)CC2.Cc1c(C)c2c(c(CO)c1O)CCC(C)(C)O2.Cc1c(O)c(C)c2c(c1C=O)OC(C)(C)CC2.Cc1c(O)c(C)c2c(c1CO)OC(C)(C)CC2.Cc1c(O)cc2c(c1C)OC(C)(C)CC2.Cc1cc2c(c(C)c1O)CCC(C)(C)O2.[I][V][I]. The van der Waals surface area contributed by atoms with Crippen LogP contribution in [0.4, 0.5) is 0 Å². The summed E-state index contributed by atoms with van der Waals surface area (Å²) in [6.07, 6.45) is 13.0. The fourth-order valence-corrected chi connectivity index (χ4v) is 25.0. The summed E-state index contributed by atoms with van der Waals surface area (Å²) in [6.45, 7) is 50.6. The predicted octanol–water partition coefficient (Wildman–Crippen LogP) is 24.2. The summed E-state index contributed by atoms with van der Waals surface area (Å²) in [7, 11) is 0.628. The Morgan fingerprint density at radius 2 is 0.717 bits per heavy atom. The van der Waals surface area contributed by atoms with Gasteiger partial charge in [-0.15, -0.1) is 0 Å². The van der Waals surface area contributed by atoms with E-state index in [2.05, 4.69) is 236 Å². The Morgan fingerprint density at radius 3 is 1.16 bits per heavy atom. The first-order valence-corrected chi connectivity index (χ1v) is 55.4. The van der Waals surface area contributed by atoms with E-state index in [9.17, 15) is 40.5 Å². The number of phenolic OH excluding ortho intramolecular Hbond substituents is 4. The average molecular weight is 1980 g/mol. The molecule has 0 bridgehead atoms. The summed E-state index contributed by atoms with van der Waals surface area (Å²) < 4.78 is 36.5. The van der Waals surface area contributed by atoms with Gasteiger partial charge in [-0.25, -0.2) is 0 Å². The number of rotatable bonds is 8. The molecule has 9 aromatic carbocycles. The second-order valence-electron chi connectivity index (χ2n) is 37.0. The molecule has 0 aromatic heterocycles. The minimum absolute atomic E-state index is 0.0805. The second kappa shape index (κ2) is 38.4. The van der Waals surface area contributed by atoms with Crippen LogP contribution < -0.4 is 44.3 Å². The molecule has 19 heteroatoms. The number of halogens is 3. The van der Waals surface area contributed by atoms with Gasteiger partial charge in [0.2, 0.25) is 0 Å². The topological polar surface area (TPSA) is 214 Å². The molecular weight excluding hydrogens is 1850 g/mol. The number of aryl methyl sites for hydroxylation is 2. The number of carbonyl (C=O) groups excluding carboxylic acids is 1. The van der Waals surface area contributed by atoms with Crippen LogP contribution in [0.5, 0.6) is 63.2 Å². The van der Waals surface area contributed by atoms with Crippen molar-refractivity contribution < 1.29 is 78.4 Å². The van der Waals surface area contributed by atoms with Crippen molar-refractivity contribution >= 4 is 83.0 Å². The zero-order chi connectivity index (χ0) is 89.1. The summed E-state index contributed by atoms with van der Waals surface area (Å²) in [4.78, 5) is 11.2. The van der Waals surface area contributed by atoms with E-state index in [1.165, 1.54) is 43.7 Å². The normalized spacial score (nSPS) is 16.8. The van der Waals surface area contributed by atoms with E-state index in [1.54, 1.807) is 6.92 Å². The minimum atomic E-state index is -3.10. The van der Waals surface area contributed by atoms with Gasteiger partial charge in [-0.2, -0.15) is 0 Å². The first kappa shape index (κ1) is 97.1. The number of carbonyl (C=O) groups is 1. The van der Waals surface area contributed by atoms with E-state index in [0.717, 1.165) is 202 Å². The molecule has 9 aromatic rings. The zero-order valence-electron chi connectivity index (χ0n) is 75.5. The first-order chi connectivity index (χ1) is 56.0. The Kier molecular flexibility index (Phi) is 31.1. The van der Waals surface area contributed by atoms with Crippen LogP contribution in [0, 0.1) is 90.0 Å². The van der Waals surface area contributed by atoms with Crippen molar-refractivity contribution in [3.63, 3.8) is 0 Å². The van der Waals surface area contributed by atoms with Gasteiger partial charge >= 0.3 is 275 Å². The zero-order valence-corrected chi connectivity index (χ0v) is 83.7. The van der Waals surface area contributed by atoms with Crippen LogP contribution in [0.3, 0.4) is 0 Å².